The Morgan fingerprint density at radius 3 is 2.80 bits per heavy atom. The number of para-hydroxylation sites is 1. The van der Waals surface area contributed by atoms with E-state index < -0.39 is 0 Å². The van der Waals surface area contributed by atoms with E-state index in [9.17, 15) is 4.79 Å². The zero-order valence-electron chi connectivity index (χ0n) is 14.1. The second kappa shape index (κ2) is 6.51. The number of likely N-dealkylation sites (tertiary alicyclic amines) is 1. The Kier molecular flexibility index (Phi) is 4.05. The molecule has 1 aliphatic heterocycles. The molecule has 7 heteroatoms. The second-order valence-electron chi connectivity index (χ2n) is 6.28. The topological polar surface area (TPSA) is 68.8 Å². The van der Waals surface area contributed by atoms with Crippen LogP contribution in [-0.2, 0) is 13.0 Å². The average molecular weight is 336 g/mol. The minimum absolute atomic E-state index is 0.0558. The highest BCUT2D eigenvalue weighted by Gasteiger charge is 2.32. The third-order valence-corrected chi connectivity index (χ3v) is 4.52. The first-order valence-electron chi connectivity index (χ1n) is 8.51. The minimum atomic E-state index is -0.0558. The zero-order chi connectivity index (χ0) is 17.2. The number of rotatable bonds is 5. The number of benzene rings is 1. The Balaban J connectivity index is 1.37. The van der Waals surface area contributed by atoms with E-state index in [0.717, 1.165) is 37.6 Å². The van der Waals surface area contributed by atoms with E-state index in [1.165, 1.54) is 11.0 Å². The van der Waals surface area contributed by atoms with Gasteiger partial charge in [-0.2, -0.15) is 9.90 Å². The van der Waals surface area contributed by atoms with E-state index in [1.807, 2.05) is 47.6 Å². The Bertz CT molecular complexity index is 863. The maximum Gasteiger partial charge on any atom is 0.276 e. The first-order chi connectivity index (χ1) is 12.2. The maximum atomic E-state index is 12.5. The molecule has 0 radical (unpaired) electrons. The smallest absolute Gasteiger partial charge is 0.276 e. The number of carbonyl (C=O) groups is 1. The third-order valence-electron chi connectivity index (χ3n) is 4.52. The molecule has 1 fully saturated rings. The molecule has 0 saturated carbocycles. The van der Waals surface area contributed by atoms with Gasteiger partial charge in [-0.05, 0) is 12.1 Å². The van der Waals surface area contributed by atoms with Crippen molar-refractivity contribution in [3.8, 4) is 5.69 Å². The molecule has 1 amide bonds. The molecule has 7 nitrogen and oxygen atoms in total. The molecule has 1 aromatic carbocycles. The van der Waals surface area contributed by atoms with E-state index in [-0.39, 0.29) is 5.91 Å². The molecule has 0 bridgehead atoms. The van der Waals surface area contributed by atoms with Gasteiger partial charge < -0.3 is 9.47 Å². The van der Waals surface area contributed by atoms with Crippen molar-refractivity contribution in [2.75, 3.05) is 13.1 Å². The van der Waals surface area contributed by atoms with Gasteiger partial charge in [-0.1, -0.05) is 25.1 Å². The lowest BCUT2D eigenvalue weighted by Crippen LogP contribution is -2.51. The van der Waals surface area contributed by atoms with E-state index in [4.69, 9.17) is 0 Å². The Morgan fingerprint density at radius 1 is 1.24 bits per heavy atom. The Hall–Kier alpha value is -2.96. The van der Waals surface area contributed by atoms with Crippen molar-refractivity contribution in [2.24, 2.45) is 5.92 Å². The summed E-state index contributed by atoms with van der Waals surface area (Å²) in [6, 6.07) is 9.58. The summed E-state index contributed by atoms with van der Waals surface area (Å²) < 4.78 is 2.18. The van der Waals surface area contributed by atoms with Crippen LogP contribution in [0.1, 0.15) is 23.2 Å². The molecular weight excluding hydrogens is 316 g/mol. The molecule has 4 rings (SSSR count). The van der Waals surface area contributed by atoms with Gasteiger partial charge in [0.1, 0.15) is 5.82 Å². The summed E-state index contributed by atoms with van der Waals surface area (Å²) in [5, 5.41) is 8.51. The minimum Gasteiger partial charge on any atom is -0.336 e. The fourth-order valence-corrected chi connectivity index (χ4v) is 3.16. The highest BCUT2D eigenvalue weighted by Crippen LogP contribution is 2.20. The largest absolute Gasteiger partial charge is 0.336 e. The summed E-state index contributed by atoms with van der Waals surface area (Å²) in [5.41, 5.74) is 1.23. The third kappa shape index (κ3) is 3.05. The van der Waals surface area contributed by atoms with Gasteiger partial charge in [0.2, 0.25) is 0 Å². The fourth-order valence-electron chi connectivity index (χ4n) is 3.16. The lowest BCUT2D eigenvalue weighted by Gasteiger charge is -2.39. The lowest BCUT2D eigenvalue weighted by atomic mass is 9.99. The highest BCUT2D eigenvalue weighted by molar-refractivity contribution is 5.92. The van der Waals surface area contributed by atoms with Crippen LogP contribution < -0.4 is 0 Å². The Morgan fingerprint density at radius 2 is 2.04 bits per heavy atom. The van der Waals surface area contributed by atoms with E-state index in [0.29, 0.717) is 11.6 Å². The molecule has 0 aliphatic carbocycles. The van der Waals surface area contributed by atoms with Crippen molar-refractivity contribution >= 4 is 5.91 Å². The predicted molar refractivity (Wildman–Crippen MR) is 92.4 cm³/mol. The SMILES string of the molecule is CCc1nccn1CC1CN(C(=O)c2cnn(-c3ccccc3)n2)C1. The number of aryl methyl sites for hydroxylation is 1. The van der Waals surface area contributed by atoms with Crippen LogP contribution in [0.25, 0.3) is 5.69 Å². The molecule has 0 unspecified atom stereocenters. The van der Waals surface area contributed by atoms with Crippen LogP contribution in [0.4, 0.5) is 0 Å². The molecule has 0 N–H and O–H groups in total. The van der Waals surface area contributed by atoms with Crippen molar-refractivity contribution in [3.05, 3.63) is 60.4 Å². The van der Waals surface area contributed by atoms with Crippen LogP contribution in [0.2, 0.25) is 0 Å². The average Bonchev–Trinajstić information content (AvgIpc) is 3.27. The van der Waals surface area contributed by atoms with Gasteiger partial charge in [0.15, 0.2) is 5.69 Å². The number of carbonyl (C=O) groups excluding carboxylic acids is 1. The Labute approximate surface area is 145 Å². The summed E-state index contributed by atoms with van der Waals surface area (Å²) in [6.07, 6.45) is 6.30. The number of hydrogen-bond donors (Lipinski definition) is 0. The number of aromatic nitrogens is 5. The normalized spacial score (nSPS) is 14.5. The monoisotopic (exact) mass is 336 g/mol. The highest BCUT2D eigenvalue weighted by atomic mass is 16.2. The van der Waals surface area contributed by atoms with Crippen LogP contribution in [0.3, 0.4) is 0 Å². The first kappa shape index (κ1) is 15.6. The zero-order valence-corrected chi connectivity index (χ0v) is 14.1. The summed E-state index contributed by atoms with van der Waals surface area (Å²) in [6.45, 7) is 4.51. The number of imidazole rings is 1. The van der Waals surface area contributed by atoms with E-state index in [2.05, 4.69) is 26.7 Å². The number of hydrogen-bond acceptors (Lipinski definition) is 4. The maximum absolute atomic E-state index is 12.5. The van der Waals surface area contributed by atoms with Crippen LogP contribution in [0, 0.1) is 5.92 Å². The standard InChI is InChI=1S/C18H20N6O/c1-2-17-19-8-9-22(17)11-14-12-23(13-14)18(25)16-10-20-24(21-16)15-6-4-3-5-7-15/h3-10,14H,2,11-13H2,1H3. The van der Waals surface area contributed by atoms with Crippen LogP contribution in [0.5, 0.6) is 0 Å². The molecule has 2 aromatic heterocycles. The summed E-state index contributed by atoms with van der Waals surface area (Å²) in [4.78, 5) is 20.2. The summed E-state index contributed by atoms with van der Waals surface area (Å²) >= 11 is 0. The van der Waals surface area contributed by atoms with Gasteiger partial charge in [0.05, 0.1) is 11.9 Å². The molecule has 0 spiro atoms. The molecule has 3 aromatic rings. The van der Waals surface area contributed by atoms with Gasteiger partial charge >= 0.3 is 0 Å². The second-order valence-corrected chi connectivity index (χ2v) is 6.28. The van der Waals surface area contributed by atoms with Crippen LogP contribution >= 0.6 is 0 Å². The number of amides is 1. The fraction of sp³-hybridized carbons (Fsp3) is 0.333. The van der Waals surface area contributed by atoms with Gasteiger partial charge in [-0.25, -0.2) is 4.98 Å². The predicted octanol–water partition coefficient (Wildman–Crippen LogP) is 1.80. The van der Waals surface area contributed by atoms with Crippen molar-refractivity contribution in [1.82, 2.24) is 29.4 Å². The summed E-state index contributed by atoms with van der Waals surface area (Å²) in [5.74, 6) is 1.50. The van der Waals surface area contributed by atoms with Crippen molar-refractivity contribution < 1.29 is 4.79 Å². The van der Waals surface area contributed by atoms with E-state index >= 15 is 0 Å². The van der Waals surface area contributed by atoms with Crippen molar-refractivity contribution in [2.45, 2.75) is 19.9 Å². The van der Waals surface area contributed by atoms with Crippen LogP contribution in [0.15, 0.2) is 48.9 Å². The molecule has 1 saturated heterocycles. The van der Waals surface area contributed by atoms with Crippen molar-refractivity contribution in [1.29, 1.82) is 0 Å². The van der Waals surface area contributed by atoms with Crippen LogP contribution in [-0.4, -0.2) is 48.4 Å². The van der Waals surface area contributed by atoms with Gasteiger partial charge in [0.25, 0.3) is 5.91 Å². The van der Waals surface area contributed by atoms with E-state index in [1.54, 1.807) is 0 Å². The lowest BCUT2D eigenvalue weighted by molar-refractivity contribution is 0.0461. The van der Waals surface area contributed by atoms with Gasteiger partial charge in [-0.15, -0.1) is 5.10 Å². The van der Waals surface area contributed by atoms with Crippen molar-refractivity contribution in [3.63, 3.8) is 0 Å². The molecule has 25 heavy (non-hydrogen) atoms. The molecule has 3 heterocycles. The van der Waals surface area contributed by atoms with Gasteiger partial charge in [-0.3, -0.25) is 4.79 Å². The molecule has 0 atom stereocenters. The molecule has 1 aliphatic rings. The molecular formula is C18H20N6O. The first-order valence-corrected chi connectivity index (χ1v) is 8.51. The summed E-state index contributed by atoms with van der Waals surface area (Å²) in [7, 11) is 0. The quantitative estimate of drug-likeness (QED) is 0.712. The van der Waals surface area contributed by atoms with Gasteiger partial charge in [0, 0.05) is 44.4 Å². The number of nitrogens with zero attached hydrogens (tertiary/aromatic N) is 6. The molecule has 128 valence electrons.